The summed E-state index contributed by atoms with van der Waals surface area (Å²) in [5, 5.41) is 9.66. The van der Waals surface area contributed by atoms with Gasteiger partial charge in [0.2, 0.25) is 5.91 Å². The lowest BCUT2D eigenvalue weighted by molar-refractivity contribution is -0.145. The summed E-state index contributed by atoms with van der Waals surface area (Å²) in [6.45, 7) is 5.22. The topological polar surface area (TPSA) is 77.3 Å². The fraction of sp³-hybridized carbons (Fsp3) is 0.500. The highest BCUT2D eigenvalue weighted by molar-refractivity contribution is 6.32. The standard InChI is InChI=1S/C20H21ClN4O2/c1-11(2)18(20(27)24-6-5-12(7-22)9-24)25-10-14-15(21)8-23-16-4-3-13(17(14)16)19(25)26/h3,8,11-12,18H,4-6,9-10H2,1-2H3/t12?,18-/m1/s1. The van der Waals surface area contributed by atoms with Crippen LogP contribution in [0.5, 0.6) is 0 Å². The van der Waals surface area contributed by atoms with Gasteiger partial charge in [0.25, 0.3) is 5.91 Å². The van der Waals surface area contributed by atoms with E-state index in [1.807, 2.05) is 19.9 Å². The number of amides is 2. The normalized spacial score (nSPS) is 22.0. The molecule has 0 saturated carbocycles. The zero-order chi connectivity index (χ0) is 19.3. The van der Waals surface area contributed by atoms with Gasteiger partial charge in [0.05, 0.1) is 22.7 Å². The van der Waals surface area contributed by atoms with Gasteiger partial charge in [-0.2, -0.15) is 5.26 Å². The highest BCUT2D eigenvalue weighted by Gasteiger charge is 2.43. The zero-order valence-corrected chi connectivity index (χ0v) is 16.2. The van der Waals surface area contributed by atoms with Gasteiger partial charge in [-0.3, -0.25) is 14.6 Å². The van der Waals surface area contributed by atoms with Crippen LogP contribution in [-0.4, -0.2) is 45.7 Å². The van der Waals surface area contributed by atoms with E-state index in [4.69, 9.17) is 16.9 Å². The van der Waals surface area contributed by atoms with Crippen molar-refractivity contribution < 1.29 is 9.59 Å². The van der Waals surface area contributed by atoms with E-state index in [0.29, 0.717) is 43.1 Å². The highest BCUT2D eigenvalue weighted by atomic mass is 35.5. The van der Waals surface area contributed by atoms with E-state index in [0.717, 1.165) is 16.8 Å². The van der Waals surface area contributed by atoms with Crippen LogP contribution in [0.2, 0.25) is 5.02 Å². The van der Waals surface area contributed by atoms with Gasteiger partial charge in [-0.1, -0.05) is 31.5 Å². The fourth-order valence-corrected chi connectivity index (χ4v) is 4.55. The first-order valence-electron chi connectivity index (χ1n) is 9.28. The molecule has 6 nitrogen and oxygen atoms in total. The Bertz CT molecular complexity index is 902. The van der Waals surface area contributed by atoms with Crippen LogP contribution >= 0.6 is 11.6 Å². The molecule has 1 unspecified atom stereocenters. The smallest absolute Gasteiger partial charge is 0.255 e. The van der Waals surface area contributed by atoms with Crippen LogP contribution in [0.1, 0.15) is 37.1 Å². The Hall–Kier alpha value is -2.39. The number of allylic oxidation sites excluding steroid dienone is 1. The van der Waals surface area contributed by atoms with Crippen molar-refractivity contribution >= 4 is 29.0 Å². The van der Waals surface area contributed by atoms with Crippen molar-refractivity contribution in [2.45, 2.75) is 39.3 Å². The number of pyridine rings is 1. The minimum absolute atomic E-state index is 0.0498. The Labute approximate surface area is 163 Å². The molecule has 140 valence electrons. The van der Waals surface area contributed by atoms with Crippen molar-refractivity contribution in [3.05, 3.63) is 34.1 Å². The molecule has 2 aliphatic heterocycles. The summed E-state index contributed by atoms with van der Waals surface area (Å²) in [5.74, 6) is -0.386. The number of nitriles is 1. The van der Waals surface area contributed by atoms with Gasteiger partial charge in [-0.15, -0.1) is 0 Å². The summed E-state index contributed by atoms with van der Waals surface area (Å²) in [6, 6.07) is 1.67. The molecule has 1 aromatic rings. The van der Waals surface area contributed by atoms with Crippen LogP contribution in [0.4, 0.5) is 0 Å². The van der Waals surface area contributed by atoms with Gasteiger partial charge >= 0.3 is 0 Å². The summed E-state index contributed by atoms with van der Waals surface area (Å²) < 4.78 is 0. The Morgan fingerprint density at radius 3 is 2.89 bits per heavy atom. The maximum atomic E-state index is 13.3. The maximum absolute atomic E-state index is 13.3. The van der Waals surface area contributed by atoms with E-state index in [2.05, 4.69) is 11.1 Å². The Balaban J connectivity index is 1.69. The summed E-state index contributed by atoms with van der Waals surface area (Å²) in [4.78, 5) is 34.2. The lowest BCUT2D eigenvalue weighted by Gasteiger charge is -2.39. The van der Waals surface area contributed by atoms with Crippen LogP contribution in [0.25, 0.3) is 5.57 Å². The van der Waals surface area contributed by atoms with Crippen molar-refractivity contribution in [1.29, 1.82) is 5.26 Å². The van der Waals surface area contributed by atoms with Gasteiger partial charge in [0, 0.05) is 49.0 Å². The molecule has 3 aliphatic rings. The van der Waals surface area contributed by atoms with Crippen LogP contribution in [0, 0.1) is 23.2 Å². The average Bonchev–Trinajstić information content (AvgIpc) is 3.28. The van der Waals surface area contributed by atoms with Crippen molar-refractivity contribution in [3.63, 3.8) is 0 Å². The van der Waals surface area contributed by atoms with Crippen LogP contribution in [0.3, 0.4) is 0 Å². The largest absolute Gasteiger partial charge is 0.340 e. The summed E-state index contributed by atoms with van der Waals surface area (Å²) in [7, 11) is 0. The molecular formula is C20H21ClN4O2. The van der Waals surface area contributed by atoms with E-state index in [1.165, 1.54) is 0 Å². The number of nitrogens with zero attached hydrogens (tertiary/aromatic N) is 4. The summed E-state index contributed by atoms with van der Waals surface area (Å²) >= 11 is 6.39. The first kappa shape index (κ1) is 18.0. The molecule has 2 atom stereocenters. The molecule has 4 rings (SSSR count). The third kappa shape index (κ3) is 2.81. The van der Waals surface area contributed by atoms with Gasteiger partial charge in [0.1, 0.15) is 6.04 Å². The van der Waals surface area contributed by atoms with E-state index in [9.17, 15) is 9.59 Å². The average molecular weight is 385 g/mol. The predicted octanol–water partition coefficient (Wildman–Crippen LogP) is 2.41. The van der Waals surface area contributed by atoms with E-state index in [1.54, 1.807) is 16.0 Å². The van der Waals surface area contributed by atoms with Gasteiger partial charge in [-0.25, -0.2) is 0 Å². The molecule has 3 heterocycles. The molecule has 0 bridgehead atoms. The number of likely N-dealkylation sites (tertiary alicyclic amines) is 1. The van der Waals surface area contributed by atoms with Crippen LogP contribution in [0.15, 0.2) is 12.3 Å². The molecule has 0 radical (unpaired) electrons. The fourth-order valence-electron chi connectivity index (χ4n) is 4.35. The van der Waals surface area contributed by atoms with Crippen LogP contribution < -0.4 is 0 Å². The quantitative estimate of drug-likeness (QED) is 0.801. The van der Waals surface area contributed by atoms with Crippen molar-refractivity contribution in [2.75, 3.05) is 13.1 Å². The molecule has 7 heteroatoms. The number of hydrogen-bond donors (Lipinski definition) is 0. The lowest BCUT2D eigenvalue weighted by atomic mass is 9.92. The molecular weight excluding hydrogens is 364 g/mol. The number of carbonyl (C=O) groups excluding carboxylic acids is 2. The molecule has 0 spiro atoms. The second-order valence-electron chi connectivity index (χ2n) is 7.75. The maximum Gasteiger partial charge on any atom is 0.255 e. The third-order valence-electron chi connectivity index (χ3n) is 5.70. The summed E-state index contributed by atoms with van der Waals surface area (Å²) in [6.07, 6.45) is 4.82. The number of halogens is 1. The molecule has 0 aromatic carbocycles. The Morgan fingerprint density at radius 1 is 1.44 bits per heavy atom. The molecule has 1 saturated heterocycles. The van der Waals surface area contributed by atoms with E-state index in [-0.39, 0.29) is 23.7 Å². The molecule has 1 fully saturated rings. The third-order valence-corrected chi connectivity index (χ3v) is 6.03. The Morgan fingerprint density at radius 2 is 2.22 bits per heavy atom. The van der Waals surface area contributed by atoms with Crippen molar-refractivity contribution in [3.8, 4) is 6.07 Å². The van der Waals surface area contributed by atoms with Crippen molar-refractivity contribution in [1.82, 2.24) is 14.8 Å². The predicted molar refractivity (Wildman–Crippen MR) is 100 cm³/mol. The molecule has 0 N–H and O–H groups in total. The minimum Gasteiger partial charge on any atom is -0.340 e. The first-order valence-corrected chi connectivity index (χ1v) is 9.66. The van der Waals surface area contributed by atoms with Crippen LogP contribution in [-0.2, 0) is 22.6 Å². The second kappa shape index (κ2) is 6.65. The number of rotatable bonds is 3. The van der Waals surface area contributed by atoms with Gasteiger partial charge in [-0.05, 0) is 12.3 Å². The first-order chi connectivity index (χ1) is 12.9. The number of carbonyl (C=O) groups is 2. The van der Waals surface area contributed by atoms with Crippen molar-refractivity contribution in [2.24, 2.45) is 11.8 Å². The second-order valence-corrected chi connectivity index (χ2v) is 8.16. The summed E-state index contributed by atoms with van der Waals surface area (Å²) in [5.41, 5.74) is 3.21. The Kier molecular flexibility index (Phi) is 4.43. The number of hydrogen-bond acceptors (Lipinski definition) is 4. The lowest BCUT2D eigenvalue weighted by Crippen LogP contribution is -2.54. The molecule has 1 aliphatic carbocycles. The molecule has 2 amide bonds. The minimum atomic E-state index is -0.572. The SMILES string of the molecule is CC(C)[C@H](C(=O)N1CCC(C#N)C1)N1Cc2c(Cl)cnc3c2C(=CC3)C1=O. The number of aromatic nitrogens is 1. The van der Waals surface area contributed by atoms with Gasteiger partial charge < -0.3 is 9.80 Å². The van der Waals surface area contributed by atoms with E-state index >= 15 is 0 Å². The highest BCUT2D eigenvalue weighted by Crippen LogP contribution is 2.40. The monoisotopic (exact) mass is 384 g/mol. The molecule has 1 aromatic heterocycles. The zero-order valence-electron chi connectivity index (χ0n) is 15.4. The van der Waals surface area contributed by atoms with E-state index < -0.39 is 6.04 Å². The van der Waals surface area contributed by atoms with Gasteiger partial charge in [0.15, 0.2) is 0 Å². The molecule has 27 heavy (non-hydrogen) atoms.